The van der Waals surface area contributed by atoms with Gasteiger partial charge in [-0.1, -0.05) is 48.5 Å². The highest BCUT2D eigenvalue weighted by Crippen LogP contribution is 2.44. The van der Waals surface area contributed by atoms with Crippen LogP contribution >= 0.6 is 0 Å². The molecule has 0 bridgehead atoms. The number of nitrogens with one attached hydrogen (secondary N) is 2. The predicted octanol–water partition coefficient (Wildman–Crippen LogP) is 3.45. The molecule has 4 rings (SSSR count). The minimum atomic E-state index is -0.896. The first-order chi connectivity index (χ1) is 16.5. The number of ether oxygens (including phenoxy) is 2. The Labute approximate surface area is 198 Å². The number of alkyl carbamates (subject to hydrolysis) is 1. The SMILES string of the molecule is O=C(O)CCCNC(=O)CC1(NC(=O)OCC2c3ccccc3-c3ccccc32)CCOCC1. The van der Waals surface area contributed by atoms with Crippen LogP contribution in [0.5, 0.6) is 0 Å². The van der Waals surface area contributed by atoms with Crippen molar-refractivity contribution in [3.63, 3.8) is 0 Å². The van der Waals surface area contributed by atoms with Gasteiger partial charge in [-0.25, -0.2) is 4.79 Å². The Morgan fingerprint density at radius 1 is 1.00 bits per heavy atom. The first-order valence-corrected chi connectivity index (χ1v) is 11.7. The second kappa shape index (κ2) is 10.7. The maximum atomic E-state index is 12.8. The van der Waals surface area contributed by atoms with Crippen molar-refractivity contribution in [2.24, 2.45) is 0 Å². The molecule has 0 radical (unpaired) electrons. The fraction of sp³-hybridized carbons (Fsp3) is 0.423. The topological polar surface area (TPSA) is 114 Å². The van der Waals surface area contributed by atoms with E-state index in [-0.39, 0.29) is 37.8 Å². The largest absolute Gasteiger partial charge is 0.481 e. The van der Waals surface area contributed by atoms with E-state index in [1.165, 1.54) is 0 Å². The fourth-order valence-electron chi connectivity index (χ4n) is 4.80. The molecule has 1 saturated heterocycles. The van der Waals surface area contributed by atoms with Gasteiger partial charge >= 0.3 is 12.1 Å². The third-order valence-electron chi connectivity index (χ3n) is 6.55. The van der Waals surface area contributed by atoms with E-state index in [2.05, 4.69) is 34.9 Å². The Kier molecular flexibility index (Phi) is 7.47. The lowest BCUT2D eigenvalue weighted by molar-refractivity contribution is -0.137. The number of carboxylic acids is 1. The van der Waals surface area contributed by atoms with Crippen molar-refractivity contribution < 1.29 is 29.0 Å². The molecule has 0 aromatic heterocycles. The third kappa shape index (κ3) is 5.56. The highest BCUT2D eigenvalue weighted by atomic mass is 16.5. The summed E-state index contributed by atoms with van der Waals surface area (Å²) in [5.74, 6) is -1.17. The lowest BCUT2D eigenvalue weighted by Crippen LogP contribution is -2.54. The van der Waals surface area contributed by atoms with Gasteiger partial charge in [-0.05, 0) is 41.5 Å². The van der Waals surface area contributed by atoms with Crippen molar-refractivity contribution >= 4 is 18.0 Å². The van der Waals surface area contributed by atoms with E-state index in [9.17, 15) is 14.4 Å². The molecule has 0 spiro atoms. The highest BCUT2D eigenvalue weighted by Gasteiger charge is 2.37. The van der Waals surface area contributed by atoms with Crippen molar-refractivity contribution in [2.45, 2.75) is 43.6 Å². The summed E-state index contributed by atoms with van der Waals surface area (Å²) in [6, 6.07) is 16.3. The van der Waals surface area contributed by atoms with Crippen LogP contribution in [0.25, 0.3) is 11.1 Å². The lowest BCUT2D eigenvalue weighted by Gasteiger charge is -2.37. The third-order valence-corrected chi connectivity index (χ3v) is 6.55. The van der Waals surface area contributed by atoms with Gasteiger partial charge in [0.1, 0.15) is 6.61 Å². The zero-order valence-electron chi connectivity index (χ0n) is 19.0. The van der Waals surface area contributed by atoms with E-state index in [4.69, 9.17) is 14.6 Å². The van der Waals surface area contributed by atoms with Crippen LogP contribution < -0.4 is 10.6 Å². The molecule has 34 heavy (non-hydrogen) atoms. The molecule has 2 amide bonds. The van der Waals surface area contributed by atoms with E-state index in [1.807, 2.05) is 24.3 Å². The highest BCUT2D eigenvalue weighted by molar-refractivity contribution is 5.80. The summed E-state index contributed by atoms with van der Waals surface area (Å²) in [6.45, 7) is 1.36. The minimum Gasteiger partial charge on any atom is -0.481 e. The van der Waals surface area contributed by atoms with Crippen LogP contribution in [-0.2, 0) is 19.1 Å². The molecule has 180 valence electrons. The molecule has 8 heteroatoms. The van der Waals surface area contributed by atoms with Gasteiger partial charge in [-0.2, -0.15) is 0 Å². The Bertz CT molecular complexity index is 1000. The van der Waals surface area contributed by atoms with Gasteiger partial charge in [-0.3, -0.25) is 9.59 Å². The van der Waals surface area contributed by atoms with Crippen LogP contribution in [0.15, 0.2) is 48.5 Å². The molecule has 1 aliphatic heterocycles. The zero-order chi connectivity index (χ0) is 24.0. The molecule has 1 heterocycles. The first kappa shape index (κ1) is 23.8. The minimum absolute atomic E-state index is 0.00272. The normalized spacial score (nSPS) is 16.2. The number of fused-ring (bicyclic) bond motifs is 3. The van der Waals surface area contributed by atoms with Crippen LogP contribution in [-0.4, -0.2) is 55.0 Å². The van der Waals surface area contributed by atoms with Gasteiger partial charge < -0.3 is 25.2 Å². The molecule has 2 aromatic rings. The zero-order valence-corrected chi connectivity index (χ0v) is 19.0. The van der Waals surface area contributed by atoms with E-state index >= 15 is 0 Å². The molecule has 0 atom stereocenters. The average molecular weight is 467 g/mol. The number of benzene rings is 2. The quantitative estimate of drug-likeness (QED) is 0.488. The number of hydrogen-bond donors (Lipinski definition) is 3. The number of aliphatic carboxylic acids is 1. The summed E-state index contributed by atoms with van der Waals surface area (Å²) in [4.78, 5) is 36.0. The summed E-state index contributed by atoms with van der Waals surface area (Å²) in [5, 5.41) is 14.4. The Morgan fingerprint density at radius 2 is 1.62 bits per heavy atom. The average Bonchev–Trinajstić information content (AvgIpc) is 3.14. The van der Waals surface area contributed by atoms with Crippen molar-refractivity contribution in [2.75, 3.05) is 26.4 Å². The smallest absolute Gasteiger partial charge is 0.407 e. The number of carbonyl (C=O) groups excluding carboxylic acids is 2. The number of carbonyl (C=O) groups is 3. The van der Waals surface area contributed by atoms with Crippen LogP contribution in [0.2, 0.25) is 0 Å². The van der Waals surface area contributed by atoms with E-state index in [1.54, 1.807) is 0 Å². The van der Waals surface area contributed by atoms with Crippen LogP contribution in [0.4, 0.5) is 4.79 Å². The molecule has 2 aliphatic rings. The standard InChI is InChI=1S/C26H30N2O6/c29-23(27-13-5-10-24(30)31)16-26(11-14-33-15-12-26)28-25(32)34-17-22-20-8-3-1-6-18(20)19-7-2-4-9-21(19)22/h1-4,6-9,22H,5,10-17H2,(H,27,29)(H,28,32)(H,30,31). The van der Waals surface area contributed by atoms with E-state index in [0.717, 1.165) is 22.3 Å². The fourth-order valence-corrected chi connectivity index (χ4v) is 4.80. The van der Waals surface area contributed by atoms with E-state index < -0.39 is 17.6 Å². The summed E-state index contributed by atoms with van der Waals surface area (Å²) in [5.41, 5.74) is 3.84. The summed E-state index contributed by atoms with van der Waals surface area (Å²) >= 11 is 0. The van der Waals surface area contributed by atoms with Gasteiger partial charge in [0.2, 0.25) is 5.91 Å². The van der Waals surface area contributed by atoms with Crippen molar-refractivity contribution in [1.82, 2.24) is 10.6 Å². The molecule has 0 saturated carbocycles. The molecule has 0 unspecified atom stereocenters. The van der Waals surface area contributed by atoms with Crippen molar-refractivity contribution in [3.05, 3.63) is 59.7 Å². The molecular formula is C26H30N2O6. The number of hydrogen-bond acceptors (Lipinski definition) is 5. The summed E-state index contributed by atoms with van der Waals surface area (Å²) in [7, 11) is 0. The van der Waals surface area contributed by atoms with Crippen molar-refractivity contribution in [1.29, 1.82) is 0 Å². The molecule has 1 fully saturated rings. The Morgan fingerprint density at radius 3 is 2.24 bits per heavy atom. The Hall–Kier alpha value is -3.39. The number of rotatable bonds is 9. The Balaban J connectivity index is 1.36. The summed E-state index contributed by atoms with van der Waals surface area (Å²) in [6.07, 6.45) is 0.893. The van der Waals surface area contributed by atoms with Gasteiger partial charge in [0, 0.05) is 38.5 Å². The number of carboxylic acid groups (broad SMARTS) is 1. The first-order valence-electron chi connectivity index (χ1n) is 11.7. The predicted molar refractivity (Wildman–Crippen MR) is 125 cm³/mol. The van der Waals surface area contributed by atoms with E-state index in [0.29, 0.717) is 32.5 Å². The van der Waals surface area contributed by atoms with Crippen LogP contribution in [0, 0.1) is 0 Å². The van der Waals surface area contributed by atoms with Gasteiger partial charge in [-0.15, -0.1) is 0 Å². The van der Waals surface area contributed by atoms with Gasteiger partial charge in [0.25, 0.3) is 0 Å². The van der Waals surface area contributed by atoms with Crippen LogP contribution in [0.1, 0.15) is 49.1 Å². The summed E-state index contributed by atoms with van der Waals surface area (Å²) < 4.78 is 11.1. The van der Waals surface area contributed by atoms with Gasteiger partial charge in [0.05, 0.1) is 5.54 Å². The maximum absolute atomic E-state index is 12.8. The maximum Gasteiger partial charge on any atom is 0.407 e. The molecule has 1 aliphatic carbocycles. The second-order valence-corrected chi connectivity index (χ2v) is 8.87. The molecule has 2 aromatic carbocycles. The lowest BCUT2D eigenvalue weighted by atomic mass is 9.86. The molecular weight excluding hydrogens is 436 g/mol. The molecule has 3 N–H and O–H groups in total. The van der Waals surface area contributed by atoms with Crippen molar-refractivity contribution in [3.8, 4) is 11.1 Å². The monoisotopic (exact) mass is 466 g/mol. The second-order valence-electron chi connectivity index (χ2n) is 8.87. The molecule has 8 nitrogen and oxygen atoms in total. The van der Waals surface area contributed by atoms with Crippen LogP contribution in [0.3, 0.4) is 0 Å². The van der Waals surface area contributed by atoms with Gasteiger partial charge in [0.15, 0.2) is 0 Å². The number of amides is 2.